The van der Waals surface area contributed by atoms with Crippen LogP contribution in [-0.4, -0.2) is 20.4 Å². The van der Waals surface area contributed by atoms with Crippen LogP contribution >= 0.6 is 17.0 Å². The van der Waals surface area contributed by atoms with Crippen LogP contribution in [0.2, 0.25) is 4.55 Å². The van der Waals surface area contributed by atoms with Crippen LogP contribution in [-0.2, 0) is 0 Å². The Morgan fingerprint density at radius 3 is 1.35 bits per heavy atom. The van der Waals surface area contributed by atoms with Crippen LogP contribution in [0.25, 0.3) is 0 Å². The van der Waals surface area contributed by atoms with Gasteiger partial charge in [0, 0.05) is 0 Å². The summed E-state index contributed by atoms with van der Waals surface area (Å²) < 4.78 is 3.14. The average molecular weight is 436 g/mol. The van der Waals surface area contributed by atoms with Crippen LogP contribution in [0.3, 0.4) is 0 Å². The first kappa shape index (κ1) is 26.5. The molecule has 1 aromatic carbocycles. The van der Waals surface area contributed by atoms with Gasteiger partial charge in [0.25, 0.3) is 0 Å². The molecule has 0 heterocycles. The molecule has 0 nitrogen and oxygen atoms in total. The molecule has 1 aromatic rings. The van der Waals surface area contributed by atoms with Gasteiger partial charge in [-0.3, -0.25) is 0 Å². The topological polar surface area (TPSA) is 0 Å². The molecule has 0 atom stereocenters. The molecule has 0 radical (unpaired) electrons. The molecule has 0 unspecified atom stereocenters. The Morgan fingerprint density at radius 2 is 0.923 bits per heavy atom. The molecule has 0 saturated heterocycles. The van der Waals surface area contributed by atoms with Gasteiger partial charge in [-0.2, -0.15) is 3.69 Å². The quantitative estimate of drug-likeness (QED) is 0.161. The van der Waals surface area contributed by atoms with Crippen molar-refractivity contribution in [3.8, 4) is 0 Å². The van der Waals surface area contributed by atoms with E-state index in [4.69, 9.17) is 0 Å². The zero-order chi connectivity index (χ0) is 17.8. The second-order valence-electron chi connectivity index (χ2n) is 7.89. The third kappa shape index (κ3) is 17.9. The minimum Gasteiger partial charge on any atom is -0.174 e. The summed E-state index contributed by atoms with van der Waals surface area (Å²) in [6, 6.07) is 11.1. The van der Waals surface area contributed by atoms with Crippen LogP contribution in [0, 0.1) is 0 Å². The monoisotopic (exact) mass is 434 g/mol. The smallest absolute Gasteiger partial charge is 0.174 e. The Morgan fingerprint density at radius 1 is 0.538 bits per heavy atom. The van der Waals surface area contributed by atoms with Crippen LogP contribution in [0.5, 0.6) is 0 Å². The minimum atomic E-state index is 0. The predicted octanol–water partition coefficient (Wildman–Crippen LogP) is 8.27. The summed E-state index contributed by atoms with van der Waals surface area (Å²) in [4.78, 5) is 0. The average Bonchev–Trinajstić information content (AvgIpc) is 2.65. The summed E-state index contributed by atoms with van der Waals surface area (Å²) in [5, 5.41) is 0. The van der Waals surface area contributed by atoms with E-state index in [2.05, 4.69) is 37.3 Å². The molecule has 0 bridgehead atoms. The van der Waals surface area contributed by atoms with Gasteiger partial charge in [0.15, 0.2) is 0 Å². The highest BCUT2D eigenvalue weighted by molar-refractivity contribution is 8.93. The van der Waals surface area contributed by atoms with E-state index in [1.165, 1.54) is 107 Å². The number of rotatable bonds is 18. The van der Waals surface area contributed by atoms with Gasteiger partial charge >= 0.3 is 20.4 Å². The molecule has 0 N–H and O–H groups in total. The van der Waals surface area contributed by atoms with Gasteiger partial charge in [0.05, 0.1) is 0 Å². The molecule has 0 aliphatic carbocycles. The summed E-state index contributed by atoms with van der Waals surface area (Å²) in [6.07, 6.45) is 23.5. The number of unbranched alkanes of at least 4 members (excludes halogenated alkanes) is 15. The number of benzene rings is 1. The van der Waals surface area contributed by atoms with Gasteiger partial charge in [-0.15, -0.1) is 21.5 Å². The zero-order valence-electron chi connectivity index (χ0n) is 17.5. The Kier molecular flexibility index (Phi) is 22.2. The van der Waals surface area contributed by atoms with Gasteiger partial charge in [-0.1, -0.05) is 140 Å². The lowest BCUT2D eigenvalue weighted by molar-refractivity contribution is 0.531. The summed E-state index contributed by atoms with van der Waals surface area (Å²) in [5.74, 6) is 0. The molecule has 0 amide bonds. The molecule has 0 spiro atoms. The van der Waals surface area contributed by atoms with E-state index in [-0.39, 0.29) is 37.3 Å². The maximum Gasteiger partial charge on any atom is 0.408 e. The van der Waals surface area contributed by atoms with Crippen molar-refractivity contribution in [2.24, 2.45) is 0 Å². The molecule has 2 heteroatoms. The molecule has 0 aliphatic heterocycles. The first-order chi connectivity index (χ1) is 12.4. The lowest BCUT2D eigenvalue weighted by Gasteiger charge is -2.03. The van der Waals surface area contributed by atoms with E-state index >= 15 is 0 Å². The summed E-state index contributed by atoms with van der Waals surface area (Å²) in [7, 11) is 0. The molecule has 0 fully saturated rings. The SMILES string of the molecule is Br.CCCCCCCCCCCCCCCCC[CH2][Mg][c]1ccccc1. The van der Waals surface area contributed by atoms with Crippen molar-refractivity contribution in [3.05, 3.63) is 30.3 Å². The Hall–Kier alpha value is 0.466. The second kappa shape index (κ2) is 21.8. The van der Waals surface area contributed by atoms with Crippen LogP contribution in [0.15, 0.2) is 30.3 Å². The maximum absolute atomic E-state index is 2.32. The molecule has 148 valence electrons. The highest BCUT2D eigenvalue weighted by Crippen LogP contribution is 2.14. The fourth-order valence-electron chi connectivity index (χ4n) is 3.70. The van der Waals surface area contributed by atoms with Gasteiger partial charge in [-0.05, 0) is 0 Å². The number of hydrogen-bond acceptors (Lipinski definition) is 0. The van der Waals surface area contributed by atoms with E-state index < -0.39 is 0 Å². The second-order valence-corrected chi connectivity index (χ2v) is 9.92. The summed E-state index contributed by atoms with van der Waals surface area (Å²) in [5.41, 5.74) is 0. The minimum absolute atomic E-state index is 0. The maximum atomic E-state index is 2.32. The third-order valence-corrected chi connectivity index (χ3v) is 7.31. The normalized spacial score (nSPS) is 10.3. The fraction of sp³-hybridized carbons (Fsp3) is 0.750. The van der Waals surface area contributed by atoms with Gasteiger partial charge in [0.1, 0.15) is 0 Å². The van der Waals surface area contributed by atoms with E-state index in [0.717, 1.165) is 0 Å². The highest BCUT2D eigenvalue weighted by Gasteiger charge is 1.98. The molecule has 0 aliphatic rings. The van der Waals surface area contributed by atoms with Crippen LogP contribution in [0.4, 0.5) is 0 Å². The van der Waals surface area contributed by atoms with Crippen LogP contribution in [0.1, 0.15) is 110 Å². The molecule has 1 rings (SSSR count). The van der Waals surface area contributed by atoms with Gasteiger partial charge < -0.3 is 0 Å². The summed E-state index contributed by atoms with van der Waals surface area (Å²) in [6.45, 7) is 2.30. The zero-order valence-corrected chi connectivity index (χ0v) is 20.7. The molecule has 26 heavy (non-hydrogen) atoms. The lowest BCUT2D eigenvalue weighted by Crippen LogP contribution is -2.12. The molecule has 0 saturated carbocycles. The van der Waals surface area contributed by atoms with Gasteiger partial charge in [-0.25, -0.2) is 0 Å². The first-order valence-electron chi connectivity index (χ1n) is 11.5. The van der Waals surface area contributed by atoms with Crippen molar-refractivity contribution in [3.63, 3.8) is 0 Å². The van der Waals surface area contributed by atoms with Crippen molar-refractivity contribution in [2.75, 3.05) is 0 Å². The number of hydrogen-bond donors (Lipinski definition) is 0. The largest absolute Gasteiger partial charge is 0.408 e. The van der Waals surface area contributed by atoms with Crippen molar-refractivity contribution in [1.82, 2.24) is 0 Å². The van der Waals surface area contributed by atoms with Crippen molar-refractivity contribution in [1.29, 1.82) is 0 Å². The standard InChI is InChI=1S/C18H37.C6H5.BrH.Mg/c1-3-5-7-9-11-13-15-17-18-16-14-12-10-8-6-4-2;1-2-4-6-5-3-1;;/h1,3-18H2,2H3;1-5H;1H;. The Labute approximate surface area is 184 Å². The molecule has 0 aromatic heterocycles. The van der Waals surface area contributed by atoms with Crippen LogP contribution < -0.4 is 3.69 Å². The lowest BCUT2D eigenvalue weighted by atomic mass is 10.0. The highest BCUT2D eigenvalue weighted by atomic mass is 79.9. The molecular formula is C24H43BrMg. The van der Waals surface area contributed by atoms with Gasteiger partial charge in [0.2, 0.25) is 0 Å². The fourth-order valence-corrected chi connectivity index (χ4v) is 5.32. The van der Waals surface area contributed by atoms with E-state index in [0.29, 0.717) is 0 Å². The van der Waals surface area contributed by atoms with E-state index in [1.54, 1.807) is 3.69 Å². The predicted molar refractivity (Wildman–Crippen MR) is 127 cm³/mol. The van der Waals surface area contributed by atoms with Crippen molar-refractivity contribution >= 4 is 41.0 Å². The Bertz CT molecular complexity index is 366. The van der Waals surface area contributed by atoms with E-state index in [1.807, 2.05) is 0 Å². The van der Waals surface area contributed by atoms with Crippen molar-refractivity contribution in [2.45, 2.75) is 114 Å². The Balaban J connectivity index is 0.00000625. The number of halogens is 1. The van der Waals surface area contributed by atoms with E-state index in [9.17, 15) is 0 Å². The third-order valence-electron chi connectivity index (χ3n) is 5.41. The molecular weight excluding hydrogens is 392 g/mol. The summed E-state index contributed by atoms with van der Waals surface area (Å²) >= 11 is 0.0240. The van der Waals surface area contributed by atoms with Crippen molar-refractivity contribution < 1.29 is 0 Å². The first-order valence-corrected chi connectivity index (χ1v) is 13.2.